The molecule has 0 spiro atoms. The Hall–Kier alpha value is -3.87. The number of benzene rings is 2. The Bertz CT molecular complexity index is 1130. The molecular weight excluding hydrogens is 394 g/mol. The minimum absolute atomic E-state index is 0.0757. The molecule has 7 nitrogen and oxygen atoms in total. The third-order valence-corrected chi connectivity index (χ3v) is 5.45. The molecule has 3 aromatic rings. The normalized spacial score (nSPS) is 17.9. The summed E-state index contributed by atoms with van der Waals surface area (Å²) in [7, 11) is 1.56. The molecule has 0 bridgehead atoms. The molecule has 158 valence electrons. The fourth-order valence-electron chi connectivity index (χ4n) is 3.80. The summed E-state index contributed by atoms with van der Waals surface area (Å²) in [5.74, 6) is -0.918. The number of imidazole rings is 1. The number of aromatic nitrogens is 2. The molecule has 0 radical (unpaired) electrons. The van der Waals surface area contributed by atoms with Crippen molar-refractivity contribution in [1.82, 2.24) is 14.9 Å². The van der Waals surface area contributed by atoms with Crippen LogP contribution in [0.1, 0.15) is 28.4 Å². The number of Topliss-reactive ketones (excluding diaryl/α,β-unsaturated/α-hetero) is 1. The first kappa shape index (κ1) is 20.4. The van der Waals surface area contributed by atoms with E-state index >= 15 is 0 Å². The number of ketones is 1. The van der Waals surface area contributed by atoms with E-state index in [-0.39, 0.29) is 11.3 Å². The Morgan fingerprint density at radius 1 is 1.19 bits per heavy atom. The Morgan fingerprint density at radius 3 is 2.65 bits per heavy atom. The highest BCUT2D eigenvalue weighted by Gasteiger charge is 2.46. The molecule has 2 N–H and O–H groups in total. The summed E-state index contributed by atoms with van der Waals surface area (Å²) >= 11 is 0. The van der Waals surface area contributed by atoms with Crippen LogP contribution in [0.15, 0.2) is 66.6 Å². The van der Waals surface area contributed by atoms with E-state index in [9.17, 15) is 14.7 Å². The monoisotopic (exact) mass is 417 g/mol. The number of rotatable bonds is 6. The second kappa shape index (κ2) is 8.47. The molecule has 1 fully saturated rings. The minimum Gasteiger partial charge on any atom is -0.507 e. The molecule has 31 heavy (non-hydrogen) atoms. The predicted molar refractivity (Wildman–Crippen MR) is 115 cm³/mol. The fraction of sp³-hybridized carbons (Fsp3) is 0.208. The second-order valence-electron chi connectivity index (χ2n) is 7.46. The van der Waals surface area contributed by atoms with Gasteiger partial charge in [-0.1, -0.05) is 42.0 Å². The Labute approximate surface area is 180 Å². The number of carbonyl (C=O) groups is 2. The van der Waals surface area contributed by atoms with Crippen LogP contribution in [0.4, 0.5) is 0 Å². The van der Waals surface area contributed by atoms with Gasteiger partial charge in [0.25, 0.3) is 11.7 Å². The smallest absolute Gasteiger partial charge is 0.295 e. The minimum atomic E-state index is -0.723. The standard InChI is InChI=1S/C24H23N3O4/c1-15-6-8-16(9-7-15)22(28)20-21(17-4-3-5-19(12-17)31-2)27(24(30)23(20)29)11-10-18-13-25-14-26-18/h3-9,12-14,21,28H,10-11H2,1-2H3,(H,25,26)/t21-/m0/s1. The fourth-order valence-corrected chi connectivity index (χ4v) is 3.80. The van der Waals surface area contributed by atoms with Gasteiger partial charge in [-0.3, -0.25) is 9.59 Å². The van der Waals surface area contributed by atoms with E-state index in [0.717, 1.165) is 11.3 Å². The first-order valence-corrected chi connectivity index (χ1v) is 9.96. The second-order valence-corrected chi connectivity index (χ2v) is 7.46. The maximum Gasteiger partial charge on any atom is 0.295 e. The first-order valence-electron chi connectivity index (χ1n) is 9.96. The Balaban J connectivity index is 1.81. The van der Waals surface area contributed by atoms with E-state index in [2.05, 4.69) is 9.97 Å². The maximum atomic E-state index is 13.0. The number of nitrogens with zero attached hydrogens (tertiary/aromatic N) is 2. The number of aryl methyl sites for hydroxylation is 1. The van der Waals surface area contributed by atoms with Crippen molar-refractivity contribution in [2.75, 3.05) is 13.7 Å². The van der Waals surface area contributed by atoms with Crippen LogP contribution in [0.2, 0.25) is 0 Å². The van der Waals surface area contributed by atoms with Crippen molar-refractivity contribution >= 4 is 17.4 Å². The Morgan fingerprint density at radius 2 is 1.97 bits per heavy atom. The zero-order valence-electron chi connectivity index (χ0n) is 17.3. The van der Waals surface area contributed by atoms with E-state index in [4.69, 9.17) is 4.74 Å². The number of aliphatic hydroxyl groups is 1. The molecular formula is C24H23N3O4. The molecule has 2 aromatic carbocycles. The van der Waals surface area contributed by atoms with Gasteiger partial charge in [0, 0.05) is 30.4 Å². The van der Waals surface area contributed by atoms with Gasteiger partial charge in [0.05, 0.1) is 25.1 Å². The average molecular weight is 417 g/mol. The van der Waals surface area contributed by atoms with Crippen LogP contribution in [0.25, 0.3) is 5.76 Å². The zero-order valence-corrected chi connectivity index (χ0v) is 17.3. The summed E-state index contributed by atoms with van der Waals surface area (Å²) in [6.07, 6.45) is 3.75. The molecule has 4 rings (SSSR count). The Kier molecular flexibility index (Phi) is 5.58. The topological polar surface area (TPSA) is 95.5 Å². The summed E-state index contributed by atoms with van der Waals surface area (Å²) in [5, 5.41) is 11.1. The molecule has 1 saturated heterocycles. The van der Waals surface area contributed by atoms with Gasteiger partial charge in [0.1, 0.15) is 11.5 Å². The quantitative estimate of drug-likeness (QED) is 0.364. The highest BCUT2D eigenvalue weighted by Crippen LogP contribution is 2.40. The zero-order chi connectivity index (χ0) is 22.0. The number of hydrogen-bond donors (Lipinski definition) is 2. The summed E-state index contributed by atoms with van der Waals surface area (Å²) < 4.78 is 5.34. The van der Waals surface area contributed by atoms with Crippen molar-refractivity contribution in [2.45, 2.75) is 19.4 Å². The van der Waals surface area contributed by atoms with Crippen molar-refractivity contribution in [3.8, 4) is 5.75 Å². The van der Waals surface area contributed by atoms with Crippen molar-refractivity contribution in [1.29, 1.82) is 0 Å². The van der Waals surface area contributed by atoms with E-state index in [0.29, 0.717) is 29.8 Å². The number of carbonyl (C=O) groups excluding carboxylic acids is 2. The van der Waals surface area contributed by atoms with Gasteiger partial charge in [-0.25, -0.2) is 4.98 Å². The van der Waals surface area contributed by atoms with Crippen molar-refractivity contribution < 1.29 is 19.4 Å². The lowest BCUT2D eigenvalue weighted by atomic mass is 9.95. The van der Waals surface area contributed by atoms with E-state index in [1.165, 1.54) is 4.90 Å². The van der Waals surface area contributed by atoms with Crippen LogP contribution in [0.3, 0.4) is 0 Å². The van der Waals surface area contributed by atoms with Gasteiger partial charge in [0.15, 0.2) is 0 Å². The molecule has 1 amide bonds. The molecule has 0 saturated carbocycles. The van der Waals surface area contributed by atoms with Crippen LogP contribution >= 0.6 is 0 Å². The number of aromatic amines is 1. The number of ether oxygens (including phenoxy) is 1. The highest BCUT2D eigenvalue weighted by atomic mass is 16.5. The van der Waals surface area contributed by atoms with Crippen LogP contribution in [-0.2, 0) is 16.0 Å². The number of aliphatic hydroxyl groups excluding tert-OH is 1. The lowest BCUT2D eigenvalue weighted by Gasteiger charge is -2.25. The van der Waals surface area contributed by atoms with E-state index < -0.39 is 17.7 Å². The lowest BCUT2D eigenvalue weighted by molar-refractivity contribution is -0.139. The van der Waals surface area contributed by atoms with Gasteiger partial charge >= 0.3 is 0 Å². The van der Waals surface area contributed by atoms with Crippen molar-refractivity contribution in [3.05, 3.63) is 89.0 Å². The first-order chi connectivity index (χ1) is 15.0. The number of likely N-dealkylation sites (tertiary alicyclic amines) is 1. The van der Waals surface area contributed by atoms with Crippen LogP contribution in [-0.4, -0.2) is 45.3 Å². The summed E-state index contributed by atoms with van der Waals surface area (Å²) in [6, 6.07) is 13.7. The maximum absolute atomic E-state index is 13.0. The van der Waals surface area contributed by atoms with Crippen molar-refractivity contribution in [2.24, 2.45) is 0 Å². The molecule has 0 unspecified atom stereocenters. The molecule has 1 aromatic heterocycles. The molecule has 1 aliphatic heterocycles. The molecule has 1 atom stereocenters. The molecule has 0 aliphatic carbocycles. The number of methoxy groups -OCH3 is 1. The van der Waals surface area contributed by atoms with Gasteiger partial charge in [-0.15, -0.1) is 0 Å². The SMILES string of the molecule is COc1cccc([C@H]2C(=C(O)c3ccc(C)cc3)C(=O)C(=O)N2CCc2cnc[nH]2)c1. The lowest BCUT2D eigenvalue weighted by Crippen LogP contribution is -2.31. The van der Waals surface area contributed by atoms with Crippen molar-refractivity contribution in [3.63, 3.8) is 0 Å². The van der Waals surface area contributed by atoms with E-state index in [1.807, 2.05) is 25.1 Å². The molecule has 1 aliphatic rings. The van der Waals surface area contributed by atoms with Gasteiger partial charge < -0.3 is 19.7 Å². The van der Waals surface area contributed by atoms with Gasteiger partial charge in [-0.05, 0) is 24.6 Å². The predicted octanol–water partition coefficient (Wildman–Crippen LogP) is 3.39. The van der Waals surface area contributed by atoms with E-state index in [1.54, 1.807) is 50.0 Å². The van der Waals surface area contributed by atoms with Gasteiger partial charge in [0.2, 0.25) is 0 Å². The van der Waals surface area contributed by atoms with Crippen LogP contribution < -0.4 is 4.74 Å². The van der Waals surface area contributed by atoms with Crippen LogP contribution in [0.5, 0.6) is 5.75 Å². The number of H-pyrrole nitrogens is 1. The van der Waals surface area contributed by atoms with Gasteiger partial charge in [-0.2, -0.15) is 0 Å². The third-order valence-electron chi connectivity index (χ3n) is 5.45. The van der Waals surface area contributed by atoms with Crippen LogP contribution in [0, 0.1) is 6.92 Å². The summed E-state index contributed by atoms with van der Waals surface area (Å²) in [4.78, 5) is 34.5. The molecule has 7 heteroatoms. The molecule has 2 heterocycles. The third kappa shape index (κ3) is 3.94. The summed E-state index contributed by atoms with van der Waals surface area (Å²) in [5.41, 5.74) is 3.14. The number of hydrogen-bond acceptors (Lipinski definition) is 5. The largest absolute Gasteiger partial charge is 0.507 e. The highest BCUT2D eigenvalue weighted by molar-refractivity contribution is 6.46. The number of nitrogens with one attached hydrogen (secondary N) is 1. The average Bonchev–Trinajstić information content (AvgIpc) is 3.39. The summed E-state index contributed by atoms with van der Waals surface area (Å²) in [6.45, 7) is 2.23. The number of amides is 1.